The molecule has 0 saturated carbocycles. The lowest BCUT2D eigenvalue weighted by Gasteiger charge is -2.30. The molecule has 0 aliphatic carbocycles. The standard InChI is InChI=1S/C21H44N2O/c1-6-8-10-12-14-17-21(24)23(19-15-18-22(4)5)20(3)16-13-11-9-7-2/h20H,6-19H2,1-5H3. The SMILES string of the molecule is CCCCCCCC(=O)N(CCCN(C)C)C(C)CCCCCC. The molecule has 3 heteroatoms. The third-order valence-corrected chi connectivity index (χ3v) is 4.83. The summed E-state index contributed by atoms with van der Waals surface area (Å²) in [7, 11) is 4.21. The monoisotopic (exact) mass is 340 g/mol. The van der Waals surface area contributed by atoms with Gasteiger partial charge in [-0.1, -0.05) is 65.2 Å². The Balaban J connectivity index is 4.29. The second kappa shape index (κ2) is 15.9. The van der Waals surface area contributed by atoms with Crippen LogP contribution in [0.1, 0.15) is 97.8 Å². The summed E-state index contributed by atoms with van der Waals surface area (Å²) < 4.78 is 0. The number of carbonyl (C=O) groups excluding carboxylic acids is 1. The Kier molecular flexibility index (Phi) is 15.6. The van der Waals surface area contributed by atoms with Gasteiger partial charge in [0.05, 0.1) is 0 Å². The molecule has 0 aromatic rings. The van der Waals surface area contributed by atoms with Gasteiger partial charge in [0, 0.05) is 19.0 Å². The highest BCUT2D eigenvalue weighted by Gasteiger charge is 2.19. The maximum absolute atomic E-state index is 12.7. The Morgan fingerprint density at radius 1 is 0.792 bits per heavy atom. The Morgan fingerprint density at radius 3 is 1.96 bits per heavy atom. The highest BCUT2D eigenvalue weighted by Crippen LogP contribution is 2.15. The third kappa shape index (κ3) is 12.8. The quantitative estimate of drug-likeness (QED) is 0.347. The second-order valence-corrected chi connectivity index (χ2v) is 7.61. The number of unbranched alkanes of at least 4 members (excludes halogenated alkanes) is 7. The second-order valence-electron chi connectivity index (χ2n) is 7.61. The van der Waals surface area contributed by atoms with Crippen LogP contribution in [0.15, 0.2) is 0 Å². The number of hydrogen-bond donors (Lipinski definition) is 0. The van der Waals surface area contributed by atoms with Crippen LogP contribution in [0.5, 0.6) is 0 Å². The summed E-state index contributed by atoms with van der Waals surface area (Å²) in [5, 5.41) is 0. The van der Waals surface area contributed by atoms with E-state index in [1.807, 2.05) is 0 Å². The van der Waals surface area contributed by atoms with Crippen LogP contribution in [0.4, 0.5) is 0 Å². The normalized spacial score (nSPS) is 12.6. The van der Waals surface area contributed by atoms with Crippen LogP contribution in [0.25, 0.3) is 0 Å². The molecule has 24 heavy (non-hydrogen) atoms. The summed E-state index contributed by atoms with van der Waals surface area (Å²) in [6.07, 6.45) is 14.2. The van der Waals surface area contributed by atoms with Gasteiger partial charge in [-0.05, 0) is 46.8 Å². The lowest BCUT2D eigenvalue weighted by molar-refractivity contribution is -0.133. The summed E-state index contributed by atoms with van der Waals surface area (Å²) in [6.45, 7) is 8.71. The molecule has 0 saturated heterocycles. The van der Waals surface area contributed by atoms with Gasteiger partial charge in [-0.2, -0.15) is 0 Å². The fourth-order valence-corrected chi connectivity index (χ4v) is 3.19. The first-order valence-corrected chi connectivity index (χ1v) is 10.5. The molecular formula is C21H44N2O. The lowest BCUT2D eigenvalue weighted by atomic mass is 10.1. The Bertz CT molecular complexity index is 292. The molecule has 0 N–H and O–H groups in total. The topological polar surface area (TPSA) is 23.6 Å². The number of hydrogen-bond acceptors (Lipinski definition) is 2. The molecule has 0 radical (unpaired) electrons. The number of rotatable bonds is 16. The predicted octanol–water partition coefficient (Wildman–Crippen LogP) is 5.49. The summed E-state index contributed by atoms with van der Waals surface area (Å²) in [5.41, 5.74) is 0. The molecule has 1 atom stereocenters. The molecule has 0 spiro atoms. The molecule has 144 valence electrons. The van der Waals surface area contributed by atoms with E-state index in [0.717, 1.165) is 38.8 Å². The molecule has 0 fully saturated rings. The number of nitrogens with zero attached hydrogens (tertiary/aromatic N) is 2. The minimum absolute atomic E-state index is 0.383. The van der Waals surface area contributed by atoms with Crippen LogP contribution in [-0.4, -0.2) is 48.9 Å². The maximum Gasteiger partial charge on any atom is 0.222 e. The first-order valence-electron chi connectivity index (χ1n) is 10.5. The zero-order valence-corrected chi connectivity index (χ0v) is 17.3. The molecule has 0 rings (SSSR count). The largest absolute Gasteiger partial charge is 0.340 e. The minimum atomic E-state index is 0.383. The average Bonchev–Trinajstić information content (AvgIpc) is 2.54. The van der Waals surface area contributed by atoms with Crippen molar-refractivity contribution in [3.63, 3.8) is 0 Å². The van der Waals surface area contributed by atoms with Crippen molar-refractivity contribution in [1.82, 2.24) is 9.80 Å². The van der Waals surface area contributed by atoms with Crippen LogP contribution < -0.4 is 0 Å². The Labute approximate surface area is 152 Å². The molecule has 1 unspecified atom stereocenters. The van der Waals surface area contributed by atoms with Crippen LogP contribution in [-0.2, 0) is 4.79 Å². The molecule has 0 aromatic carbocycles. The zero-order valence-electron chi connectivity index (χ0n) is 17.3. The van der Waals surface area contributed by atoms with E-state index in [1.165, 1.54) is 51.4 Å². The maximum atomic E-state index is 12.7. The van der Waals surface area contributed by atoms with Gasteiger partial charge in [0.1, 0.15) is 0 Å². The third-order valence-electron chi connectivity index (χ3n) is 4.83. The van der Waals surface area contributed by atoms with Crippen LogP contribution in [0.2, 0.25) is 0 Å². The van der Waals surface area contributed by atoms with Gasteiger partial charge in [0.25, 0.3) is 0 Å². The van der Waals surface area contributed by atoms with Gasteiger partial charge in [-0.3, -0.25) is 4.79 Å². The predicted molar refractivity (Wildman–Crippen MR) is 106 cm³/mol. The van der Waals surface area contributed by atoms with E-state index in [1.54, 1.807) is 0 Å². The molecular weight excluding hydrogens is 296 g/mol. The van der Waals surface area contributed by atoms with Gasteiger partial charge in [0.15, 0.2) is 0 Å². The Hall–Kier alpha value is -0.570. The van der Waals surface area contributed by atoms with Gasteiger partial charge >= 0.3 is 0 Å². The number of amides is 1. The van der Waals surface area contributed by atoms with Crippen molar-refractivity contribution in [3.8, 4) is 0 Å². The van der Waals surface area contributed by atoms with E-state index in [9.17, 15) is 4.79 Å². The molecule has 1 amide bonds. The molecule has 0 aromatic heterocycles. The highest BCUT2D eigenvalue weighted by atomic mass is 16.2. The fraction of sp³-hybridized carbons (Fsp3) is 0.952. The summed E-state index contributed by atoms with van der Waals surface area (Å²) in [4.78, 5) is 17.1. The van der Waals surface area contributed by atoms with Crippen molar-refractivity contribution >= 4 is 5.91 Å². The van der Waals surface area contributed by atoms with E-state index in [-0.39, 0.29) is 0 Å². The van der Waals surface area contributed by atoms with E-state index in [0.29, 0.717) is 11.9 Å². The summed E-state index contributed by atoms with van der Waals surface area (Å²) in [5.74, 6) is 0.383. The first-order chi connectivity index (χ1) is 11.5. The Morgan fingerprint density at radius 2 is 1.38 bits per heavy atom. The van der Waals surface area contributed by atoms with Gasteiger partial charge < -0.3 is 9.80 Å². The van der Waals surface area contributed by atoms with Gasteiger partial charge in [-0.15, -0.1) is 0 Å². The van der Waals surface area contributed by atoms with Crippen molar-refractivity contribution in [2.45, 2.75) is 104 Å². The van der Waals surface area contributed by atoms with Crippen molar-refractivity contribution in [3.05, 3.63) is 0 Å². The minimum Gasteiger partial charge on any atom is -0.340 e. The van der Waals surface area contributed by atoms with Gasteiger partial charge in [-0.25, -0.2) is 0 Å². The van der Waals surface area contributed by atoms with Crippen LogP contribution in [0.3, 0.4) is 0 Å². The summed E-state index contributed by atoms with van der Waals surface area (Å²) in [6, 6.07) is 0.396. The highest BCUT2D eigenvalue weighted by molar-refractivity contribution is 5.76. The lowest BCUT2D eigenvalue weighted by Crippen LogP contribution is -2.40. The summed E-state index contributed by atoms with van der Waals surface area (Å²) >= 11 is 0. The van der Waals surface area contributed by atoms with E-state index in [2.05, 4.69) is 44.7 Å². The van der Waals surface area contributed by atoms with Crippen molar-refractivity contribution in [1.29, 1.82) is 0 Å². The van der Waals surface area contributed by atoms with Crippen LogP contribution in [0, 0.1) is 0 Å². The molecule has 3 nitrogen and oxygen atoms in total. The van der Waals surface area contributed by atoms with Crippen molar-refractivity contribution in [2.75, 3.05) is 27.2 Å². The van der Waals surface area contributed by atoms with Crippen molar-refractivity contribution in [2.24, 2.45) is 0 Å². The smallest absolute Gasteiger partial charge is 0.222 e. The zero-order chi connectivity index (χ0) is 18.2. The van der Waals surface area contributed by atoms with E-state index < -0.39 is 0 Å². The van der Waals surface area contributed by atoms with E-state index >= 15 is 0 Å². The number of carbonyl (C=O) groups is 1. The van der Waals surface area contributed by atoms with E-state index in [4.69, 9.17) is 0 Å². The average molecular weight is 341 g/mol. The molecule has 0 aliphatic rings. The van der Waals surface area contributed by atoms with Gasteiger partial charge in [0.2, 0.25) is 5.91 Å². The first kappa shape index (κ1) is 23.4. The molecule has 0 bridgehead atoms. The fourth-order valence-electron chi connectivity index (χ4n) is 3.19. The van der Waals surface area contributed by atoms with Crippen LogP contribution >= 0.6 is 0 Å². The molecule has 0 heterocycles. The molecule has 0 aliphatic heterocycles. The van der Waals surface area contributed by atoms with Crippen molar-refractivity contribution < 1.29 is 4.79 Å².